The molecule has 0 aliphatic carbocycles. The third-order valence-electron chi connectivity index (χ3n) is 7.81. The largest absolute Gasteiger partial charge is 0.381 e. The molecule has 0 saturated heterocycles. The molecule has 4 nitrogen and oxygen atoms in total. The van der Waals surface area contributed by atoms with Crippen molar-refractivity contribution in [3.05, 3.63) is 102 Å². The van der Waals surface area contributed by atoms with Gasteiger partial charge in [0.15, 0.2) is 0 Å². The minimum atomic E-state index is 0.656. The summed E-state index contributed by atoms with van der Waals surface area (Å²) in [6, 6.07) is 33.0. The van der Waals surface area contributed by atoms with Gasteiger partial charge in [0, 0.05) is 29.7 Å². The molecule has 0 aliphatic rings. The molecule has 0 amide bonds. The van der Waals surface area contributed by atoms with Gasteiger partial charge in [-0.2, -0.15) is 5.26 Å². The molecule has 6 aromatic rings. The van der Waals surface area contributed by atoms with E-state index in [2.05, 4.69) is 91.2 Å². The van der Waals surface area contributed by atoms with Crippen LogP contribution in [-0.4, -0.2) is 31.0 Å². The summed E-state index contributed by atoms with van der Waals surface area (Å²) >= 11 is 0. The number of hydrogen-bond acceptors (Lipinski definition) is 3. The lowest BCUT2D eigenvalue weighted by atomic mass is 10.0. The highest BCUT2D eigenvalue weighted by Crippen LogP contribution is 2.37. The highest BCUT2D eigenvalue weighted by Gasteiger charge is 2.15. The molecule has 0 radical (unpaired) electrons. The van der Waals surface area contributed by atoms with E-state index >= 15 is 0 Å². The van der Waals surface area contributed by atoms with Crippen LogP contribution in [0.25, 0.3) is 49.0 Å². The summed E-state index contributed by atoms with van der Waals surface area (Å²) < 4.78 is 13.8. The molecule has 0 atom stereocenters. The van der Waals surface area contributed by atoms with E-state index in [1.54, 1.807) is 0 Å². The molecule has 41 heavy (non-hydrogen) atoms. The van der Waals surface area contributed by atoms with Crippen molar-refractivity contribution < 1.29 is 9.47 Å². The molecule has 0 aliphatic heterocycles. The van der Waals surface area contributed by atoms with Gasteiger partial charge in [-0.25, -0.2) is 0 Å². The number of rotatable bonds is 11. The van der Waals surface area contributed by atoms with E-state index in [4.69, 9.17) is 9.47 Å². The van der Waals surface area contributed by atoms with Crippen molar-refractivity contribution in [3.8, 4) is 11.8 Å². The molecule has 0 unspecified atom stereocenters. The summed E-state index contributed by atoms with van der Waals surface area (Å²) in [4.78, 5) is 0. The normalized spacial score (nSPS) is 11.6. The van der Waals surface area contributed by atoms with Gasteiger partial charge in [0.2, 0.25) is 0 Å². The topological polar surface area (TPSA) is 47.2 Å². The molecule has 4 heteroatoms. The van der Waals surface area contributed by atoms with Crippen molar-refractivity contribution in [3.63, 3.8) is 0 Å². The van der Waals surface area contributed by atoms with E-state index in [-0.39, 0.29) is 0 Å². The van der Waals surface area contributed by atoms with Crippen LogP contribution in [0.15, 0.2) is 84.9 Å². The Morgan fingerprint density at radius 2 is 1.17 bits per heavy atom. The predicted octanol–water partition coefficient (Wildman–Crippen LogP) is 8.90. The second-order valence-electron chi connectivity index (χ2n) is 10.8. The number of ether oxygens (including phenoxy) is 2. The fraction of sp³-hybridized carbons (Fsp3) is 0.270. The molecule has 1 aromatic heterocycles. The Hall–Kier alpha value is -4.17. The van der Waals surface area contributed by atoms with Crippen LogP contribution in [0.3, 0.4) is 0 Å². The molecule has 0 bridgehead atoms. The zero-order valence-electron chi connectivity index (χ0n) is 24.0. The monoisotopic (exact) mass is 540 g/mol. The quantitative estimate of drug-likeness (QED) is 0.154. The number of nitrogens with zero attached hydrogens (tertiary/aromatic N) is 2. The van der Waals surface area contributed by atoms with E-state index in [1.807, 2.05) is 18.2 Å². The second-order valence-corrected chi connectivity index (χ2v) is 10.8. The summed E-state index contributed by atoms with van der Waals surface area (Å²) in [6.07, 6.45) is 3.90. The highest BCUT2D eigenvalue weighted by atomic mass is 16.5. The zero-order chi connectivity index (χ0) is 28.2. The molecule has 1 heterocycles. The number of benzene rings is 5. The molecule has 206 valence electrons. The van der Waals surface area contributed by atoms with Crippen molar-refractivity contribution >= 4 is 43.4 Å². The standard InChI is InChI=1S/C37H36N2O2/c1-3-14-40-16-12-26-8-10-29-23-36-34(21-31(29)18-26)35-22-32-19-27(13-17-41-15-4-2)9-11-30(32)24-37(35)39(36)33-7-5-6-28(20-33)25-38/h5-11,18-24H,3-4,12-17H2,1-2H3. The molecule has 5 aromatic carbocycles. The summed E-state index contributed by atoms with van der Waals surface area (Å²) in [5.41, 5.74) is 6.52. The Kier molecular flexibility index (Phi) is 8.00. The highest BCUT2D eigenvalue weighted by molar-refractivity contribution is 6.16. The number of nitriles is 1. The SMILES string of the molecule is CCCOCCc1ccc2cc3c(cc2c1)c1cc2cc(CCOCCC)ccc2cc1n3-c1cccc(C#N)c1. The first-order chi connectivity index (χ1) is 20.2. The third kappa shape index (κ3) is 5.57. The van der Waals surface area contributed by atoms with Gasteiger partial charge in [-0.3, -0.25) is 0 Å². The van der Waals surface area contributed by atoms with Crippen LogP contribution in [0.2, 0.25) is 0 Å². The van der Waals surface area contributed by atoms with E-state index in [9.17, 15) is 5.26 Å². The van der Waals surface area contributed by atoms with Gasteiger partial charge in [0.05, 0.1) is 35.9 Å². The van der Waals surface area contributed by atoms with Gasteiger partial charge in [-0.15, -0.1) is 0 Å². The van der Waals surface area contributed by atoms with Crippen LogP contribution in [0.5, 0.6) is 0 Å². The van der Waals surface area contributed by atoms with Crippen LogP contribution in [0, 0.1) is 11.3 Å². The maximum atomic E-state index is 9.63. The van der Waals surface area contributed by atoms with Crippen LogP contribution in [0.4, 0.5) is 0 Å². The fourth-order valence-corrected chi connectivity index (χ4v) is 5.78. The Labute approximate surface area is 241 Å². The van der Waals surface area contributed by atoms with Gasteiger partial charge in [0.25, 0.3) is 0 Å². The number of fused-ring (bicyclic) bond motifs is 5. The minimum absolute atomic E-state index is 0.656. The first-order valence-electron chi connectivity index (χ1n) is 14.8. The van der Waals surface area contributed by atoms with Crippen molar-refractivity contribution in [2.75, 3.05) is 26.4 Å². The molecular weight excluding hydrogens is 504 g/mol. The summed E-state index contributed by atoms with van der Waals surface area (Å²) in [5, 5.41) is 16.9. The lowest BCUT2D eigenvalue weighted by molar-refractivity contribution is 0.138. The Bertz CT molecular complexity index is 1780. The Morgan fingerprint density at radius 3 is 1.68 bits per heavy atom. The zero-order valence-corrected chi connectivity index (χ0v) is 24.0. The van der Waals surface area contributed by atoms with Crippen LogP contribution >= 0.6 is 0 Å². The minimum Gasteiger partial charge on any atom is -0.381 e. The predicted molar refractivity (Wildman–Crippen MR) is 170 cm³/mol. The second kappa shape index (κ2) is 12.1. The molecule has 0 saturated carbocycles. The summed E-state index contributed by atoms with van der Waals surface area (Å²) in [6.45, 7) is 7.38. The van der Waals surface area contributed by atoms with Crippen LogP contribution in [-0.2, 0) is 22.3 Å². The lowest BCUT2D eigenvalue weighted by Gasteiger charge is -2.10. The third-order valence-corrected chi connectivity index (χ3v) is 7.81. The van der Waals surface area contributed by atoms with Gasteiger partial charge >= 0.3 is 0 Å². The van der Waals surface area contributed by atoms with Gasteiger partial charge in [0.1, 0.15) is 0 Å². The van der Waals surface area contributed by atoms with Gasteiger partial charge in [-0.1, -0.05) is 56.3 Å². The first kappa shape index (κ1) is 27.0. The van der Waals surface area contributed by atoms with Crippen molar-refractivity contribution in [2.45, 2.75) is 39.5 Å². The number of hydrogen-bond donors (Lipinski definition) is 0. The van der Waals surface area contributed by atoms with Gasteiger partial charge in [-0.05, 0) is 101 Å². The smallest absolute Gasteiger partial charge is 0.0992 e. The fourth-order valence-electron chi connectivity index (χ4n) is 5.78. The van der Waals surface area contributed by atoms with Crippen LogP contribution in [0.1, 0.15) is 43.4 Å². The van der Waals surface area contributed by atoms with E-state index in [0.29, 0.717) is 5.56 Å². The van der Waals surface area contributed by atoms with Crippen molar-refractivity contribution in [1.29, 1.82) is 5.26 Å². The average Bonchev–Trinajstić information content (AvgIpc) is 3.31. The van der Waals surface area contributed by atoms with Crippen molar-refractivity contribution in [2.24, 2.45) is 0 Å². The Morgan fingerprint density at radius 1 is 0.610 bits per heavy atom. The van der Waals surface area contributed by atoms with E-state index in [1.165, 1.54) is 43.4 Å². The van der Waals surface area contributed by atoms with E-state index < -0.39 is 0 Å². The molecule has 6 rings (SSSR count). The van der Waals surface area contributed by atoms with Crippen molar-refractivity contribution in [1.82, 2.24) is 4.57 Å². The molecule has 0 spiro atoms. The first-order valence-corrected chi connectivity index (χ1v) is 14.8. The van der Waals surface area contributed by atoms with Crippen LogP contribution < -0.4 is 0 Å². The van der Waals surface area contributed by atoms with E-state index in [0.717, 1.165) is 68.8 Å². The lowest BCUT2D eigenvalue weighted by Crippen LogP contribution is -1.99. The maximum absolute atomic E-state index is 9.63. The summed E-state index contributed by atoms with van der Waals surface area (Å²) in [5.74, 6) is 0. The molecule has 0 fully saturated rings. The van der Waals surface area contributed by atoms with Gasteiger partial charge < -0.3 is 14.0 Å². The maximum Gasteiger partial charge on any atom is 0.0992 e. The molecular formula is C37H36N2O2. The summed E-state index contributed by atoms with van der Waals surface area (Å²) in [7, 11) is 0. The number of aromatic nitrogens is 1. The Balaban J connectivity index is 1.52. The molecule has 0 N–H and O–H groups in total. The average molecular weight is 541 g/mol.